The Kier molecular flexibility index (Phi) is 7.11. The number of carbonyl (C=O) groups is 1. The van der Waals surface area contributed by atoms with Crippen LogP contribution < -0.4 is 5.32 Å². The monoisotopic (exact) mass is 199 g/mol. The van der Waals surface area contributed by atoms with Crippen molar-refractivity contribution in [1.82, 2.24) is 5.32 Å². The molecule has 3 nitrogen and oxygen atoms in total. The lowest BCUT2D eigenvalue weighted by atomic mass is 10.0. The molecule has 0 aromatic rings. The van der Waals surface area contributed by atoms with Gasteiger partial charge in [0.2, 0.25) is 0 Å². The van der Waals surface area contributed by atoms with Gasteiger partial charge in [-0.3, -0.25) is 4.79 Å². The third-order valence-electron chi connectivity index (χ3n) is 2.31. The van der Waals surface area contributed by atoms with E-state index in [4.69, 9.17) is 5.11 Å². The van der Waals surface area contributed by atoms with Crippen molar-refractivity contribution >= 4 is 5.97 Å². The van der Waals surface area contributed by atoms with Crippen LogP contribution >= 0.6 is 0 Å². The zero-order chi connectivity index (χ0) is 11.0. The third kappa shape index (κ3) is 6.66. The Hall–Kier alpha value is -0.830. The molecule has 14 heavy (non-hydrogen) atoms. The summed E-state index contributed by atoms with van der Waals surface area (Å²) in [5.74, 6) is -0.918. The van der Waals surface area contributed by atoms with E-state index < -0.39 is 5.97 Å². The summed E-state index contributed by atoms with van der Waals surface area (Å²) >= 11 is 0. The van der Waals surface area contributed by atoms with Gasteiger partial charge in [-0.2, -0.15) is 0 Å². The second-order valence-electron chi connectivity index (χ2n) is 3.77. The van der Waals surface area contributed by atoms with Crippen molar-refractivity contribution in [2.75, 3.05) is 6.54 Å². The van der Waals surface area contributed by atoms with Gasteiger partial charge in [0, 0.05) is 12.6 Å². The van der Waals surface area contributed by atoms with Crippen molar-refractivity contribution in [3.63, 3.8) is 0 Å². The molecule has 82 valence electrons. The first-order valence-electron chi connectivity index (χ1n) is 5.15. The Balaban J connectivity index is 3.43. The van der Waals surface area contributed by atoms with Crippen LogP contribution in [0.15, 0.2) is 12.7 Å². The molecule has 0 amide bonds. The number of hydrogen-bond donors (Lipinski definition) is 2. The van der Waals surface area contributed by atoms with E-state index in [9.17, 15) is 4.79 Å². The van der Waals surface area contributed by atoms with Crippen LogP contribution in [-0.2, 0) is 4.79 Å². The first-order valence-corrected chi connectivity index (χ1v) is 5.15. The molecule has 0 radical (unpaired) electrons. The maximum absolute atomic E-state index is 10.5. The fourth-order valence-corrected chi connectivity index (χ4v) is 1.24. The third-order valence-corrected chi connectivity index (χ3v) is 2.31. The number of hydrogen-bond acceptors (Lipinski definition) is 2. The minimum absolute atomic E-state index is 0.221. The first kappa shape index (κ1) is 13.2. The fourth-order valence-electron chi connectivity index (χ4n) is 1.24. The molecule has 0 rings (SSSR count). The maximum atomic E-state index is 10.5. The van der Waals surface area contributed by atoms with Crippen LogP contribution in [-0.4, -0.2) is 23.7 Å². The van der Waals surface area contributed by atoms with E-state index in [-0.39, 0.29) is 5.92 Å². The Morgan fingerprint density at radius 1 is 1.50 bits per heavy atom. The number of rotatable bonds is 8. The smallest absolute Gasteiger partial charge is 0.306 e. The summed E-state index contributed by atoms with van der Waals surface area (Å²) in [7, 11) is 0. The van der Waals surface area contributed by atoms with E-state index in [1.807, 2.05) is 6.08 Å². The molecule has 0 aromatic heterocycles. The Morgan fingerprint density at radius 2 is 2.14 bits per heavy atom. The van der Waals surface area contributed by atoms with Crippen molar-refractivity contribution in [2.24, 2.45) is 5.92 Å². The summed E-state index contributed by atoms with van der Waals surface area (Å²) in [6.45, 7) is 8.30. The van der Waals surface area contributed by atoms with E-state index in [2.05, 4.69) is 18.8 Å². The van der Waals surface area contributed by atoms with E-state index >= 15 is 0 Å². The highest BCUT2D eigenvalue weighted by Gasteiger charge is 2.10. The molecule has 0 spiro atoms. The first-order chi connectivity index (χ1) is 6.57. The van der Waals surface area contributed by atoms with Gasteiger partial charge in [-0.1, -0.05) is 19.4 Å². The molecule has 2 N–H and O–H groups in total. The van der Waals surface area contributed by atoms with Crippen LogP contribution in [0.1, 0.15) is 33.1 Å². The van der Waals surface area contributed by atoms with Crippen LogP contribution in [0.5, 0.6) is 0 Å². The van der Waals surface area contributed by atoms with Gasteiger partial charge in [-0.25, -0.2) is 0 Å². The lowest BCUT2D eigenvalue weighted by molar-refractivity contribution is -0.141. The minimum atomic E-state index is -0.697. The van der Waals surface area contributed by atoms with Gasteiger partial charge in [0.1, 0.15) is 0 Å². The highest BCUT2D eigenvalue weighted by atomic mass is 16.4. The Bertz CT molecular complexity index is 180. The Labute approximate surface area is 86.2 Å². The summed E-state index contributed by atoms with van der Waals surface area (Å²) < 4.78 is 0. The minimum Gasteiger partial charge on any atom is -0.481 e. The van der Waals surface area contributed by atoms with Crippen molar-refractivity contribution < 1.29 is 9.90 Å². The molecule has 0 aliphatic rings. The molecule has 0 saturated carbocycles. The van der Waals surface area contributed by atoms with Crippen LogP contribution in [0.3, 0.4) is 0 Å². The SMILES string of the molecule is C=CCNC(C)CCCC(C)C(=O)O. The van der Waals surface area contributed by atoms with Gasteiger partial charge < -0.3 is 10.4 Å². The molecule has 2 unspecified atom stereocenters. The highest BCUT2D eigenvalue weighted by molar-refractivity contribution is 5.69. The molecular formula is C11H21NO2. The summed E-state index contributed by atoms with van der Waals surface area (Å²) in [5, 5.41) is 11.9. The summed E-state index contributed by atoms with van der Waals surface area (Å²) in [4.78, 5) is 10.5. The van der Waals surface area contributed by atoms with Crippen molar-refractivity contribution in [3.05, 3.63) is 12.7 Å². The van der Waals surface area contributed by atoms with Gasteiger partial charge in [-0.05, 0) is 19.8 Å². The number of nitrogens with one attached hydrogen (secondary N) is 1. The van der Waals surface area contributed by atoms with Gasteiger partial charge in [0.05, 0.1) is 5.92 Å². The van der Waals surface area contributed by atoms with E-state index in [1.54, 1.807) is 6.92 Å². The van der Waals surface area contributed by atoms with Crippen LogP contribution in [0.4, 0.5) is 0 Å². The molecule has 0 heterocycles. The number of carboxylic acid groups (broad SMARTS) is 1. The zero-order valence-electron chi connectivity index (χ0n) is 9.12. The molecule has 0 aliphatic carbocycles. The average Bonchev–Trinajstić information content (AvgIpc) is 2.14. The largest absolute Gasteiger partial charge is 0.481 e. The molecule has 0 saturated heterocycles. The second-order valence-corrected chi connectivity index (χ2v) is 3.77. The van der Waals surface area contributed by atoms with Gasteiger partial charge in [0.15, 0.2) is 0 Å². The molecule has 0 fully saturated rings. The lowest BCUT2D eigenvalue weighted by Gasteiger charge is -2.12. The Morgan fingerprint density at radius 3 is 2.64 bits per heavy atom. The van der Waals surface area contributed by atoms with Gasteiger partial charge >= 0.3 is 5.97 Å². The van der Waals surface area contributed by atoms with E-state index in [0.29, 0.717) is 6.04 Å². The zero-order valence-corrected chi connectivity index (χ0v) is 9.12. The molecule has 0 aromatic carbocycles. The molecule has 0 aliphatic heterocycles. The maximum Gasteiger partial charge on any atom is 0.306 e. The molecule has 0 bridgehead atoms. The quantitative estimate of drug-likeness (QED) is 0.588. The molecule has 2 atom stereocenters. The molecular weight excluding hydrogens is 178 g/mol. The summed E-state index contributed by atoms with van der Waals surface area (Å²) in [5.41, 5.74) is 0. The number of carboxylic acids is 1. The van der Waals surface area contributed by atoms with Crippen molar-refractivity contribution in [2.45, 2.75) is 39.2 Å². The van der Waals surface area contributed by atoms with Crippen LogP contribution in [0.25, 0.3) is 0 Å². The van der Waals surface area contributed by atoms with E-state index in [0.717, 1.165) is 25.8 Å². The number of aliphatic carboxylic acids is 1. The summed E-state index contributed by atoms with van der Waals surface area (Å²) in [6.07, 6.45) is 4.57. The standard InChI is InChI=1S/C11H21NO2/c1-4-8-12-10(3)7-5-6-9(2)11(13)14/h4,9-10,12H,1,5-8H2,2-3H3,(H,13,14). The van der Waals surface area contributed by atoms with Gasteiger partial charge in [-0.15, -0.1) is 6.58 Å². The lowest BCUT2D eigenvalue weighted by Crippen LogP contribution is -2.26. The second kappa shape index (κ2) is 7.56. The fraction of sp³-hybridized carbons (Fsp3) is 0.727. The average molecular weight is 199 g/mol. The summed E-state index contributed by atoms with van der Waals surface area (Å²) in [6, 6.07) is 0.439. The normalized spacial score (nSPS) is 14.7. The topological polar surface area (TPSA) is 49.3 Å². The van der Waals surface area contributed by atoms with Gasteiger partial charge in [0.25, 0.3) is 0 Å². The highest BCUT2D eigenvalue weighted by Crippen LogP contribution is 2.09. The van der Waals surface area contributed by atoms with Crippen LogP contribution in [0, 0.1) is 5.92 Å². The van der Waals surface area contributed by atoms with Crippen LogP contribution in [0.2, 0.25) is 0 Å². The predicted octanol–water partition coefficient (Wildman–Crippen LogP) is 2.04. The molecule has 3 heteroatoms. The predicted molar refractivity (Wildman–Crippen MR) is 58.3 cm³/mol. The van der Waals surface area contributed by atoms with E-state index in [1.165, 1.54) is 0 Å². The van der Waals surface area contributed by atoms with Crippen molar-refractivity contribution in [3.8, 4) is 0 Å². The van der Waals surface area contributed by atoms with Crippen molar-refractivity contribution in [1.29, 1.82) is 0 Å².